The molecule has 0 bridgehead atoms. The van der Waals surface area contributed by atoms with Crippen LogP contribution in [0.2, 0.25) is 0 Å². The molecular weight excluding hydrogens is 519 g/mol. The SMILES string of the molecule is Cc1c(-c2ccc(C(F)(F)F)cc2)n(Cc2ccc(OCC(=O)O)cc2)c2ccc(OCc3ccccc3)cc12. The average molecular weight is 546 g/mol. The minimum atomic E-state index is -4.42. The van der Waals surface area contributed by atoms with Crippen LogP contribution < -0.4 is 9.47 Å². The fraction of sp³-hybridized carbons (Fsp3) is 0.156. The summed E-state index contributed by atoms with van der Waals surface area (Å²) in [6.45, 7) is 2.36. The molecule has 4 aromatic carbocycles. The number of hydrogen-bond acceptors (Lipinski definition) is 3. The van der Waals surface area contributed by atoms with Crippen LogP contribution in [0.3, 0.4) is 0 Å². The van der Waals surface area contributed by atoms with E-state index in [0.717, 1.165) is 45.4 Å². The second-order valence-corrected chi connectivity index (χ2v) is 9.41. The van der Waals surface area contributed by atoms with E-state index in [9.17, 15) is 18.0 Å². The molecule has 0 radical (unpaired) electrons. The van der Waals surface area contributed by atoms with Gasteiger partial charge in [-0.2, -0.15) is 13.2 Å². The van der Waals surface area contributed by atoms with E-state index in [1.807, 2.05) is 67.6 Å². The van der Waals surface area contributed by atoms with Crippen molar-refractivity contribution in [2.75, 3.05) is 6.61 Å². The van der Waals surface area contributed by atoms with Gasteiger partial charge in [-0.15, -0.1) is 0 Å². The largest absolute Gasteiger partial charge is 0.489 e. The Balaban J connectivity index is 1.52. The standard InChI is InChI=1S/C32H26F3NO4/c1-21-28-17-27(39-19-23-5-3-2-4-6-23)15-16-29(28)36(18-22-7-13-26(14-8-22)40-20-30(37)38)31(21)24-9-11-25(12-10-24)32(33,34)35/h2-17H,18-20H2,1H3,(H,37,38). The van der Waals surface area contributed by atoms with Crippen molar-refractivity contribution in [2.24, 2.45) is 0 Å². The van der Waals surface area contributed by atoms with E-state index in [2.05, 4.69) is 4.57 Å². The van der Waals surface area contributed by atoms with Crippen molar-refractivity contribution in [3.05, 3.63) is 119 Å². The van der Waals surface area contributed by atoms with Gasteiger partial charge < -0.3 is 19.1 Å². The van der Waals surface area contributed by atoms with Gasteiger partial charge in [0.1, 0.15) is 18.1 Å². The van der Waals surface area contributed by atoms with E-state index in [1.54, 1.807) is 12.1 Å². The molecule has 1 aromatic heterocycles. The van der Waals surface area contributed by atoms with Gasteiger partial charge in [0.2, 0.25) is 0 Å². The van der Waals surface area contributed by atoms with Crippen molar-refractivity contribution in [3.63, 3.8) is 0 Å². The second-order valence-electron chi connectivity index (χ2n) is 9.41. The maximum Gasteiger partial charge on any atom is 0.416 e. The van der Waals surface area contributed by atoms with Crippen molar-refractivity contribution >= 4 is 16.9 Å². The number of carboxylic acid groups (broad SMARTS) is 1. The predicted octanol–water partition coefficient (Wildman–Crippen LogP) is 7.73. The summed E-state index contributed by atoms with van der Waals surface area (Å²) in [4.78, 5) is 10.8. The van der Waals surface area contributed by atoms with Gasteiger partial charge >= 0.3 is 12.1 Å². The zero-order chi connectivity index (χ0) is 28.3. The number of nitrogens with zero attached hydrogens (tertiary/aromatic N) is 1. The zero-order valence-electron chi connectivity index (χ0n) is 21.6. The lowest BCUT2D eigenvalue weighted by Gasteiger charge is -2.14. The lowest BCUT2D eigenvalue weighted by molar-refractivity contribution is -0.139. The van der Waals surface area contributed by atoms with Crippen LogP contribution in [0.25, 0.3) is 22.2 Å². The molecule has 0 unspecified atom stereocenters. The summed E-state index contributed by atoms with van der Waals surface area (Å²) in [5.74, 6) is 0.0602. The normalized spacial score (nSPS) is 11.5. The summed E-state index contributed by atoms with van der Waals surface area (Å²) in [5, 5.41) is 9.77. The van der Waals surface area contributed by atoms with Crippen LogP contribution in [0.1, 0.15) is 22.3 Å². The van der Waals surface area contributed by atoms with Crippen LogP contribution in [0, 0.1) is 6.92 Å². The summed E-state index contributed by atoms with van der Waals surface area (Å²) in [6, 6.07) is 27.9. The highest BCUT2D eigenvalue weighted by atomic mass is 19.4. The van der Waals surface area contributed by atoms with Gasteiger partial charge in [0.05, 0.1) is 11.3 Å². The molecule has 5 rings (SSSR count). The van der Waals surface area contributed by atoms with E-state index in [-0.39, 0.29) is 0 Å². The number of alkyl halides is 3. The predicted molar refractivity (Wildman–Crippen MR) is 147 cm³/mol. The minimum absolute atomic E-state index is 0.411. The average Bonchev–Trinajstić information content (AvgIpc) is 3.22. The summed E-state index contributed by atoms with van der Waals surface area (Å²) in [7, 11) is 0. The molecule has 0 fully saturated rings. The lowest BCUT2D eigenvalue weighted by Crippen LogP contribution is -2.09. The molecule has 0 spiro atoms. The Kier molecular flexibility index (Phi) is 7.51. The molecule has 0 saturated heterocycles. The van der Waals surface area contributed by atoms with Crippen LogP contribution >= 0.6 is 0 Å². The van der Waals surface area contributed by atoms with Gasteiger partial charge in [0.25, 0.3) is 0 Å². The molecule has 0 atom stereocenters. The Labute approximate surface area is 229 Å². The molecule has 8 heteroatoms. The molecule has 204 valence electrons. The highest BCUT2D eigenvalue weighted by Crippen LogP contribution is 2.37. The highest BCUT2D eigenvalue weighted by Gasteiger charge is 2.30. The van der Waals surface area contributed by atoms with Crippen molar-refractivity contribution in [3.8, 4) is 22.8 Å². The molecule has 5 aromatic rings. The van der Waals surface area contributed by atoms with Crippen molar-refractivity contribution in [2.45, 2.75) is 26.3 Å². The zero-order valence-corrected chi connectivity index (χ0v) is 21.6. The van der Waals surface area contributed by atoms with E-state index in [1.165, 1.54) is 12.1 Å². The van der Waals surface area contributed by atoms with Gasteiger partial charge in [-0.05, 0) is 71.6 Å². The Morgan fingerprint density at radius 2 is 1.50 bits per heavy atom. The first kappa shape index (κ1) is 26.9. The van der Waals surface area contributed by atoms with Crippen molar-refractivity contribution in [1.29, 1.82) is 0 Å². The monoisotopic (exact) mass is 545 g/mol. The number of aliphatic carboxylic acids is 1. The number of carboxylic acids is 1. The van der Waals surface area contributed by atoms with E-state index in [4.69, 9.17) is 14.6 Å². The van der Waals surface area contributed by atoms with E-state index >= 15 is 0 Å². The number of rotatable bonds is 9. The van der Waals surface area contributed by atoms with Crippen LogP contribution in [0.4, 0.5) is 13.2 Å². The molecule has 0 saturated carbocycles. The number of hydrogen-bond donors (Lipinski definition) is 1. The Bertz CT molecular complexity index is 1620. The molecule has 0 aliphatic heterocycles. The number of ether oxygens (including phenoxy) is 2. The lowest BCUT2D eigenvalue weighted by atomic mass is 10.0. The van der Waals surface area contributed by atoms with Crippen molar-refractivity contribution < 1.29 is 32.5 Å². The molecule has 1 N–H and O–H groups in total. The minimum Gasteiger partial charge on any atom is -0.489 e. The van der Waals surface area contributed by atoms with Gasteiger partial charge in [-0.1, -0.05) is 54.6 Å². The van der Waals surface area contributed by atoms with Crippen LogP contribution in [0.15, 0.2) is 97.1 Å². The first-order valence-corrected chi connectivity index (χ1v) is 12.6. The van der Waals surface area contributed by atoms with Crippen LogP contribution in [-0.4, -0.2) is 22.2 Å². The third-order valence-electron chi connectivity index (χ3n) is 6.65. The number of fused-ring (bicyclic) bond motifs is 1. The summed E-state index contributed by atoms with van der Waals surface area (Å²) in [5.41, 5.74) is 4.54. The Morgan fingerprint density at radius 1 is 0.825 bits per heavy atom. The molecule has 0 aliphatic rings. The molecule has 1 heterocycles. The molecule has 40 heavy (non-hydrogen) atoms. The number of halogens is 3. The highest BCUT2D eigenvalue weighted by molar-refractivity contribution is 5.92. The van der Waals surface area contributed by atoms with E-state index in [0.29, 0.717) is 30.2 Å². The second kappa shape index (κ2) is 11.2. The quantitative estimate of drug-likeness (QED) is 0.206. The molecule has 0 aliphatic carbocycles. The third-order valence-corrected chi connectivity index (χ3v) is 6.65. The number of aromatic nitrogens is 1. The first-order chi connectivity index (χ1) is 19.2. The van der Waals surface area contributed by atoms with Crippen molar-refractivity contribution in [1.82, 2.24) is 4.57 Å². The summed E-state index contributed by atoms with van der Waals surface area (Å²) < 4.78 is 53.1. The van der Waals surface area contributed by atoms with Gasteiger partial charge in [-0.25, -0.2) is 4.79 Å². The molecule has 5 nitrogen and oxygen atoms in total. The topological polar surface area (TPSA) is 60.7 Å². The third kappa shape index (κ3) is 5.96. The molecular formula is C32H26F3NO4. The van der Waals surface area contributed by atoms with Crippen LogP contribution in [0.5, 0.6) is 11.5 Å². The fourth-order valence-corrected chi connectivity index (χ4v) is 4.70. The molecule has 0 amide bonds. The van der Waals surface area contributed by atoms with Gasteiger partial charge in [-0.3, -0.25) is 0 Å². The summed E-state index contributed by atoms with van der Waals surface area (Å²) >= 11 is 0. The maximum absolute atomic E-state index is 13.2. The number of benzene rings is 4. The van der Waals surface area contributed by atoms with Crippen LogP contribution in [-0.2, 0) is 24.1 Å². The fourth-order valence-electron chi connectivity index (χ4n) is 4.70. The smallest absolute Gasteiger partial charge is 0.416 e. The maximum atomic E-state index is 13.2. The van der Waals surface area contributed by atoms with E-state index < -0.39 is 24.3 Å². The first-order valence-electron chi connectivity index (χ1n) is 12.6. The number of aryl methyl sites for hydroxylation is 1. The summed E-state index contributed by atoms with van der Waals surface area (Å²) in [6.07, 6.45) is -4.42. The Hall–Kier alpha value is -4.72. The number of carbonyl (C=O) groups is 1. The van der Waals surface area contributed by atoms with Gasteiger partial charge in [0.15, 0.2) is 6.61 Å². The van der Waals surface area contributed by atoms with Gasteiger partial charge in [0, 0.05) is 17.4 Å². The Morgan fingerprint density at radius 3 is 2.15 bits per heavy atom.